The second-order valence-corrected chi connectivity index (χ2v) is 7.81. The van der Waals surface area contributed by atoms with Crippen molar-refractivity contribution in [1.82, 2.24) is 20.4 Å². The maximum Gasteiger partial charge on any atom is 0.315 e. The predicted molar refractivity (Wildman–Crippen MR) is 95.8 cm³/mol. The summed E-state index contributed by atoms with van der Waals surface area (Å²) in [4.78, 5) is 28.4. The Hall–Kier alpha value is -1.30. The molecule has 0 radical (unpaired) electrons. The van der Waals surface area contributed by atoms with Crippen molar-refractivity contribution in [3.8, 4) is 0 Å². The lowest BCUT2D eigenvalue weighted by molar-refractivity contribution is -0.133. The minimum atomic E-state index is -0.253. The maximum atomic E-state index is 12.3. The van der Waals surface area contributed by atoms with Crippen LogP contribution < -0.4 is 10.6 Å². The zero-order chi connectivity index (χ0) is 17.6. The van der Waals surface area contributed by atoms with Gasteiger partial charge in [-0.3, -0.25) is 4.79 Å². The van der Waals surface area contributed by atoms with Gasteiger partial charge in [0, 0.05) is 26.2 Å². The van der Waals surface area contributed by atoms with Gasteiger partial charge >= 0.3 is 6.03 Å². The molecule has 2 fully saturated rings. The van der Waals surface area contributed by atoms with Gasteiger partial charge in [-0.25, -0.2) is 4.79 Å². The van der Waals surface area contributed by atoms with Gasteiger partial charge in [0.05, 0.1) is 6.54 Å². The van der Waals surface area contributed by atoms with Gasteiger partial charge in [0.2, 0.25) is 5.91 Å². The van der Waals surface area contributed by atoms with E-state index < -0.39 is 0 Å². The van der Waals surface area contributed by atoms with E-state index in [1.54, 1.807) is 0 Å². The molecule has 24 heavy (non-hydrogen) atoms. The molecule has 3 amide bonds. The molecule has 0 aliphatic carbocycles. The molecule has 0 bridgehead atoms. The number of likely N-dealkylation sites (tertiary alicyclic amines) is 2. The summed E-state index contributed by atoms with van der Waals surface area (Å²) in [6.45, 7) is 12.2. The van der Waals surface area contributed by atoms with E-state index in [9.17, 15) is 9.59 Å². The molecule has 0 aromatic heterocycles. The highest BCUT2D eigenvalue weighted by Crippen LogP contribution is 2.39. The minimum absolute atomic E-state index is 0.0349. The summed E-state index contributed by atoms with van der Waals surface area (Å²) in [5.74, 6) is 0.440. The predicted octanol–water partition coefficient (Wildman–Crippen LogP) is 1.67. The summed E-state index contributed by atoms with van der Waals surface area (Å²) in [6.07, 6.45) is 4.75. The third kappa shape index (κ3) is 5.36. The van der Waals surface area contributed by atoms with Crippen molar-refractivity contribution >= 4 is 11.9 Å². The van der Waals surface area contributed by atoms with Crippen LogP contribution in [0.5, 0.6) is 0 Å². The molecule has 6 nitrogen and oxygen atoms in total. The number of urea groups is 1. The van der Waals surface area contributed by atoms with Gasteiger partial charge in [-0.1, -0.05) is 20.8 Å². The van der Waals surface area contributed by atoms with E-state index in [1.165, 1.54) is 25.9 Å². The number of hydrogen-bond donors (Lipinski definition) is 2. The Labute approximate surface area is 146 Å². The number of carbonyl (C=O) groups excluding carboxylic acids is 2. The van der Waals surface area contributed by atoms with Crippen LogP contribution in [0.25, 0.3) is 0 Å². The first kappa shape index (κ1) is 19.0. The number of nitrogens with zero attached hydrogens (tertiary/aromatic N) is 2. The minimum Gasteiger partial charge on any atom is -0.341 e. The topological polar surface area (TPSA) is 64.7 Å². The summed E-state index contributed by atoms with van der Waals surface area (Å²) < 4.78 is 0. The summed E-state index contributed by atoms with van der Waals surface area (Å²) >= 11 is 0. The molecule has 6 heteroatoms. The molecular formula is C18H34N4O2. The zero-order valence-electron chi connectivity index (χ0n) is 15.6. The molecule has 138 valence electrons. The quantitative estimate of drug-likeness (QED) is 0.801. The third-order valence-corrected chi connectivity index (χ3v) is 5.44. The Morgan fingerprint density at radius 2 is 1.79 bits per heavy atom. The van der Waals surface area contributed by atoms with Crippen LogP contribution in [0.1, 0.15) is 46.5 Å². The summed E-state index contributed by atoms with van der Waals surface area (Å²) in [5, 5.41) is 5.44. The standard InChI is InChI=1S/C18H34N4O2/c1-4-21-9-5-6-18(14-21)7-10-22(11-8-18)16(23)13-20-17(24)19-12-15(2)3/h15H,4-14H2,1-3H3,(H2,19,20,24). The number of carbonyl (C=O) groups is 2. The van der Waals surface area contributed by atoms with Crippen LogP contribution in [0.2, 0.25) is 0 Å². The SMILES string of the molecule is CCN1CCCC2(CCN(C(=O)CNC(=O)NCC(C)C)CC2)C1. The number of nitrogens with one attached hydrogen (secondary N) is 2. The molecule has 0 aromatic carbocycles. The molecule has 2 heterocycles. The van der Waals surface area contributed by atoms with Crippen LogP contribution in [-0.2, 0) is 4.79 Å². The van der Waals surface area contributed by atoms with Crippen molar-refractivity contribution in [2.75, 3.05) is 45.8 Å². The maximum absolute atomic E-state index is 12.3. The van der Waals surface area contributed by atoms with Gasteiger partial charge in [0.25, 0.3) is 0 Å². The van der Waals surface area contributed by atoms with Crippen LogP contribution in [-0.4, -0.2) is 67.6 Å². The van der Waals surface area contributed by atoms with Gasteiger partial charge in [-0.05, 0) is 50.1 Å². The van der Waals surface area contributed by atoms with Crippen LogP contribution in [0.15, 0.2) is 0 Å². The van der Waals surface area contributed by atoms with Gasteiger partial charge in [-0.2, -0.15) is 0 Å². The van der Waals surface area contributed by atoms with Crippen molar-refractivity contribution in [1.29, 1.82) is 0 Å². The van der Waals surface area contributed by atoms with E-state index in [4.69, 9.17) is 0 Å². The van der Waals surface area contributed by atoms with Crippen molar-refractivity contribution in [2.24, 2.45) is 11.3 Å². The summed E-state index contributed by atoms with van der Waals surface area (Å²) in [6, 6.07) is -0.253. The fourth-order valence-corrected chi connectivity index (χ4v) is 3.85. The first-order valence-corrected chi connectivity index (χ1v) is 9.46. The van der Waals surface area contributed by atoms with Gasteiger partial charge in [0.15, 0.2) is 0 Å². The Balaban J connectivity index is 1.71. The van der Waals surface area contributed by atoms with Crippen LogP contribution >= 0.6 is 0 Å². The Bertz CT molecular complexity index is 431. The van der Waals surface area contributed by atoms with Crippen molar-refractivity contribution < 1.29 is 9.59 Å². The summed E-state index contributed by atoms with van der Waals surface area (Å²) in [5.41, 5.74) is 0.410. The molecule has 1 spiro atoms. The molecule has 2 N–H and O–H groups in total. The first-order valence-electron chi connectivity index (χ1n) is 9.46. The third-order valence-electron chi connectivity index (χ3n) is 5.44. The van der Waals surface area contributed by atoms with Gasteiger partial charge < -0.3 is 20.4 Å². The largest absolute Gasteiger partial charge is 0.341 e. The van der Waals surface area contributed by atoms with E-state index in [0.717, 1.165) is 32.5 Å². The normalized spacial score (nSPS) is 21.1. The van der Waals surface area contributed by atoms with Crippen molar-refractivity contribution in [3.05, 3.63) is 0 Å². The molecule has 0 aromatic rings. The Morgan fingerprint density at radius 1 is 1.08 bits per heavy atom. The van der Waals surface area contributed by atoms with E-state index in [1.807, 2.05) is 18.7 Å². The number of rotatable bonds is 5. The zero-order valence-corrected chi connectivity index (χ0v) is 15.6. The molecule has 2 aliphatic rings. The van der Waals surface area contributed by atoms with E-state index in [0.29, 0.717) is 17.9 Å². The van der Waals surface area contributed by atoms with E-state index in [-0.39, 0.29) is 18.5 Å². The Kier molecular flexibility index (Phi) is 6.90. The van der Waals surface area contributed by atoms with Crippen LogP contribution in [0, 0.1) is 11.3 Å². The average molecular weight is 338 g/mol. The highest BCUT2D eigenvalue weighted by atomic mass is 16.2. The number of piperidine rings is 2. The number of amides is 3. The van der Waals surface area contributed by atoms with E-state index in [2.05, 4.69) is 22.5 Å². The molecule has 0 saturated carbocycles. The summed E-state index contributed by atoms with van der Waals surface area (Å²) in [7, 11) is 0. The lowest BCUT2D eigenvalue weighted by Crippen LogP contribution is -2.52. The molecule has 0 unspecified atom stereocenters. The fourth-order valence-electron chi connectivity index (χ4n) is 3.85. The smallest absolute Gasteiger partial charge is 0.315 e. The Morgan fingerprint density at radius 3 is 2.42 bits per heavy atom. The van der Waals surface area contributed by atoms with E-state index >= 15 is 0 Å². The molecule has 2 aliphatic heterocycles. The second-order valence-electron chi connectivity index (χ2n) is 7.81. The van der Waals surface area contributed by atoms with Gasteiger partial charge in [0.1, 0.15) is 0 Å². The second kappa shape index (κ2) is 8.70. The molecule has 2 rings (SSSR count). The van der Waals surface area contributed by atoms with Crippen molar-refractivity contribution in [3.63, 3.8) is 0 Å². The molecular weight excluding hydrogens is 304 g/mol. The highest BCUT2D eigenvalue weighted by Gasteiger charge is 2.38. The first-order chi connectivity index (χ1) is 11.4. The monoisotopic (exact) mass is 338 g/mol. The lowest BCUT2D eigenvalue weighted by atomic mass is 9.72. The van der Waals surface area contributed by atoms with Crippen LogP contribution in [0.3, 0.4) is 0 Å². The highest BCUT2D eigenvalue weighted by molar-refractivity contribution is 5.84. The lowest BCUT2D eigenvalue weighted by Gasteiger charge is -2.47. The van der Waals surface area contributed by atoms with Crippen LogP contribution in [0.4, 0.5) is 4.79 Å². The number of hydrogen-bond acceptors (Lipinski definition) is 3. The molecule has 0 atom stereocenters. The fraction of sp³-hybridized carbons (Fsp3) is 0.889. The average Bonchev–Trinajstić information content (AvgIpc) is 2.58. The molecule has 2 saturated heterocycles. The van der Waals surface area contributed by atoms with Gasteiger partial charge in [-0.15, -0.1) is 0 Å². The van der Waals surface area contributed by atoms with Crippen molar-refractivity contribution in [2.45, 2.75) is 46.5 Å².